The summed E-state index contributed by atoms with van der Waals surface area (Å²) in [6, 6.07) is 2.31. The molecule has 2 heterocycles. The molecular formula is C26H34N2O. The van der Waals surface area contributed by atoms with Crippen LogP contribution in [0.5, 0.6) is 0 Å². The number of amides is 1. The average molecular weight is 391 g/mol. The zero-order chi connectivity index (χ0) is 20.4. The van der Waals surface area contributed by atoms with Gasteiger partial charge in [0.25, 0.3) is 0 Å². The van der Waals surface area contributed by atoms with Crippen LogP contribution in [0.2, 0.25) is 0 Å². The minimum Gasteiger partial charge on any atom is -0.342 e. The van der Waals surface area contributed by atoms with Crippen LogP contribution >= 0.6 is 0 Å². The van der Waals surface area contributed by atoms with E-state index in [0.29, 0.717) is 5.92 Å². The molecule has 0 aromatic carbocycles. The van der Waals surface area contributed by atoms with Gasteiger partial charge in [0.2, 0.25) is 5.91 Å². The van der Waals surface area contributed by atoms with E-state index in [0.717, 1.165) is 31.2 Å². The van der Waals surface area contributed by atoms with Gasteiger partial charge in [0.1, 0.15) is 0 Å². The second-order valence-corrected chi connectivity index (χ2v) is 10.6. The number of aromatic nitrogens is 1. The van der Waals surface area contributed by atoms with E-state index < -0.39 is 0 Å². The normalized spacial score (nSPS) is 39.1. The first kappa shape index (κ1) is 19.1. The van der Waals surface area contributed by atoms with Crippen LogP contribution in [0.25, 0.3) is 5.57 Å². The Bertz CT molecular complexity index is 915. The van der Waals surface area contributed by atoms with Crippen molar-refractivity contribution in [3.8, 4) is 0 Å². The van der Waals surface area contributed by atoms with Crippen LogP contribution in [-0.2, 0) is 4.79 Å². The highest BCUT2D eigenvalue weighted by Gasteiger charge is 2.57. The average Bonchev–Trinajstić information content (AvgIpc) is 3.00. The number of pyridine rings is 1. The lowest BCUT2D eigenvalue weighted by molar-refractivity contribution is -0.124. The van der Waals surface area contributed by atoms with E-state index in [1.54, 1.807) is 5.57 Å². The number of carbonyl (C=O) groups excluding carboxylic acids is 1. The summed E-state index contributed by atoms with van der Waals surface area (Å²) < 4.78 is 0. The van der Waals surface area contributed by atoms with E-state index in [-0.39, 0.29) is 16.7 Å². The van der Waals surface area contributed by atoms with Crippen molar-refractivity contribution in [3.05, 3.63) is 47.3 Å². The van der Waals surface area contributed by atoms with Gasteiger partial charge in [0.05, 0.1) is 0 Å². The van der Waals surface area contributed by atoms with Crippen molar-refractivity contribution in [2.24, 2.45) is 28.6 Å². The molecule has 0 unspecified atom stereocenters. The van der Waals surface area contributed by atoms with Gasteiger partial charge in [-0.15, -0.1) is 0 Å². The molecule has 1 aromatic rings. The first-order chi connectivity index (χ1) is 13.8. The van der Waals surface area contributed by atoms with Gasteiger partial charge in [-0.05, 0) is 96.8 Å². The molecule has 5 atom stereocenters. The van der Waals surface area contributed by atoms with E-state index in [1.807, 2.05) is 24.2 Å². The van der Waals surface area contributed by atoms with Gasteiger partial charge >= 0.3 is 0 Å². The number of allylic oxidation sites excluding steroid dienone is 3. The maximum absolute atomic E-state index is 12.5. The Balaban J connectivity index is 1.47. The van der Waals surface area contributed by atoms with E-state index in [2.05, 4.69) is 44.1 Å². The molecule has 0 N–H and O–H groups in total. The molecular weight excluding hydrogens is 356 g/mol. The summed E-state index contributed by atoms with van der Waals surface area (Å²) in [4.78, 5) is 18.9. The number of hydrogen-bond donors (Lipinski definition) is 0. The molecule has 4 aliphatic rings. The second-order valence-electron chi connectivity index (χ2n) is 10.6. The topological polar surface area (TPSA) is 33.2 Å². The number of carbonyl (C=O) groups is 1. The highest BCUT2D eigenvalue weighted by Crippen LogP contribution is 2.66. The molecule has 29 heavy (non-hydrogen) atoms. The van der Waals surface area contributed by atoms with Gasteiger partial charge in [-0.25, -0.2) is 0 Å². The van der Waals surface area contributed by atoms with Gasteiger partial charge in [0.15, 0.2) is 0 Å². The highest BCUT2D eigenvalue weighted by atomic mass is 16.2. The molecule has 154 valence electrons. The molecule has 0 bridgehead atoms. The monoisotopic (exact) mass is 390 g/mol. The van der Waals surface area contributed by atoms with Crippen molar-refractivity contribution in [2.45, 2.75) is 59.3 Å². The Labute approximate surface area is 175 Å². The van der Waals surface area contributed by atoms with Gasteiger partial charge < -0.3 is 4.90 Å². The quantitative estimate of drug-likeness (QED) is 0.642. The summed E-state index contributed by atoms with van der Waals surface area (Å²) in [5.41, 5.74) is 6.02. The summed E-state index contributed by atoms with van der Waals surface area (Å²) in [5.74, 6) is 2.41. The van der Waals surface area contributed by atoms with Crippen molar-refractivity contribution in [1.29, 1.82) is 0 Å². The second kappa shape index (κ2) is 6.55. The first-order valence-electron chi connectivity index (χ1n) is 11.4. The summed E-state index contributed by atoms with van der Waals surface area (Å²) in [7, 11) is 1.96. The number of nitrogens with zero attached hydrogens (tertiary/aromatic N) is 2. The van der Waals surface area contributed by atoms with Crippen molar-refractivity contribution in [1.82, 2.24) is 9.88 Å². The van der Waals surface area contributed by atoms with E-state index in [4.69, 9.17) is 0 Å². The zero-order valence-electron chi connectivity index (χ0n) is 18.4. The molecule has 5 rings (SSSR count). The molecule has 0 spiro atoms. The summed E-state index contributed by atoms with van der Waals surface area (Å²) >= 11 is 0. The van der Waals surface area contributed by atoms with Crippen LogP contribution in [0.1, 0.15) is 63.5 Å². The minimum absolute atomic E-state index is 0.193. The van der Waals surface area contributed by atoms with Crippen molar-refractivity contribution >= 4 is 11.5 Å². The lowest BCUT2D eigenvalue weighted by atomic mass is 9.47. The molecule has 0 radical (unpaired) electrons. The lowest BCUT2D eigenvalue weighted by Gasteiger charge is -2.57. The van der Waals surface area contributed by atoms with Gasteiger partial charge in [-0.2, -0.15) is 0 Å². The van der Waals surface area contributed by atoms with Gasteiger partial charge in [0, 0.05) is 32.1 Å². The van der Waals surface area contributed by atoms with E-state index in [1.165, 1.54) is 42.4 Å². The molecule has 0 saturated heterocycles. The summed E-state index contributed by atoms with van der Waals surface area (Å²) in [6.07, 6.45) is 15.7. The predicted molar refractivity (Wildman–Crippen MR) is 117 cm³/mol. The third-order valence-electron chi connectivity index (χ3n) is 9.14. The third kappa shape index (κ3) is 2.76. The maximum Gasteiger partial charge on any atom is 0.246 e. The number of hydrogen-bond acceptors (Lipinski definition) is 2. The summed E-state index contributed by atoms with van der Waals surface area (Å²) in [5, 5.41) is 0. The molecule has 1 aromatic heterocycles. The largest absolute Gasteiger partial charge is 0.342 e. The fourth-order valence-electron chi connectivity index (χ4n) is 7.40. The van der Waals surface area contributed by atoms with Crippen molar-refractivity contribution in [2.75, 3.05) is 13.6 Å². The maximum atomic E-state index is 12.5. The highest BCUT2D eigenvalue weighted by molar-refractivity contribution is 5.88. The SMILES string of the molecule is Cc1cncc(C2=CC[C@H]3[C@@H]4CCC5=CC(=O)N(C)CC[C@]5(C)[C@H]4CC[C@]23C)c1. The van der Waals surface area contributed by atoms with E-state index in [9.17, 15) is 4.79 Å². The van der Waals surface area contributed by atoms with Crippen LogP contribution in [0, 0.1) is 35.5 Å². The van der Waals surface area contributed by atoms with Crippen molar-refractivity contribution < 1.29 is 4.79 Å². The standard InChI is InChI=1S/C26H34N2O/c1-17-13-18(16-27-15-17)21-7-8-22-20-6-5-19-14-24(29)28(4)12-11-25(19,2)23(20)9-10-26(21,22)3/h7,13-16,20,22-23H,5-6,8-12H2,1-4H3/t20-,22-,23-,25-,26+/m0/s1. The smallest absolute Gasteiger partial charge is 0.246 e. The molecule has 2 saturated carbocycles. The number of rotatable bonds is 1. The molecule has 1 aliphatic heterocycles. The lowest BCUT2D eigenvalue weighted by Crippen LogP contribution is -2.49. The Hall–Kier alpha value is -1.90. The Kier molecular flexibility index (Phi) is 4.31. The molecule has 3 aliphatic carbocycles. The van der Waals surface area contributed by atoms with Crippen LogP contribution in [0.3, 0.4) is 0 Å². The number of likely N-dealkylation sites (N-methyl/N-ethyl adjacent to an activating group) is 1. The van der Waals surface area contributed by atoms with Crippen molar-refractivity contribution in [3.63, 3.8) is 0 Å². The third-order valence-corrected chi connectivity index (χ3v) is 9.14. The molecule has 3 heteroatoms. The Morgan fingerprint density at radius 3 is 2.72 bits per heavy atom. The van der Waals surface area contributed by atoms with Gasteiger partial charge in [-0.1, -0.05) is 25.5 Å². The Morgan fingerprint density at radius 2 is 1.93 bits per heavy atom. The first-order valence-corrected chi connectivity index (χ1v) is 11.4. The fraction of sp³-hybridized carbons (Fsp3) is 0.615. The van der Waals surface area contributed by atoms with Crippen LogP contribution < -0.4 is 0 Å². The summed E-state index contributed by atoms with van der Waals surface area (Å²) in [6.45, 7) is 8.02. The Morgan fingerprint density at radius 1 is 1.10 bits per heavy atom. The number of fused-ring (bicyclic) bond motifs is 5. The van der Waals surface area contributed by atoms with E-state index >= 15 is 0 Å². The molecule has 2 fully saturated rings. The van der Waals surface area contributed by atoms with Gasteiger partial charge in [-0.3, -0.25) is 9.78 Å². The molecule has 1 amide bonds. The zero-order valence-corrected chi connectivity index (χ0v) is 18.4. The van der Waals surface area contributed by atoms with Crippen LogP contribution in [-0.4, -0.2) is 29.4 Å². The predicted octanol–water partition coefficient (Wildman–Crippen LogP) is 5.41. The van der Waals surface area contributed by atoms with Crippen LogP contribution in [0.4, 0.5) is 0 Å². The number of aryl methyl sites for hydroxylation is 1. The molecule has 3 nitrogen and oxygen atoms in total. The fourth-order valence-corrected chi connectivity index (χ4v) is 7.40. The minimum atomic E-state index is 0.193. The van der Waals surface area contributed by atoms with Crippen LogP contribution in [0.15, 0.2) is 36.2 Å².